The quantitative estimate of drug-likeness (QED) is 0.681. The van der Waals surface area contributed by atoms with E-state index >= 15 is 0 Å². The van der Waals surface area contributed by atoms with Crippen LogP contribution < -0.4 is 5.32 Å². The van der Waals surface area contributed by atoms with Gasteiger partial charge in [0.05, 0.1) is 22.7 Å². The summed E-state index contributed by atoms with van der Waals surface area (Å²) >= 11 is 2.58. The smallest absolute Gasteiger partial charge is 0.323 e. The Morgan fingerprint density at radius 2 is 2.20 bits per heavy atom. The number of rotatable bonds is 5. The molecule has 0 aliphatic rings. The van der Waals surface area contributed by atoms with E-state index in [1.54, 1.807) is 11.6 Å². The highest BCUT2D eigenvalue weighted by Crippen LogP contribution is 2.33. The predicted molar refractivity (Wildman–Crippen MR) is 87.8 cm³/mol. The second kappa shape index (κ2) is 7.23. The Morgan fingerprint density at radius 1 is 1.36 bits per heavy atom. The second-order valence-electron chi connectivity index (χ2n) is 4.70. The van der Waals surface area contributed by atoms with Gasteiger partial charge in [0.25, 0.3) is 0 Å². The van der Waals surface area contributed by atoms with Gasteiger partial charge < -0.3 is 5.32 Å². The topological polar surface area (TPSA) is 72.7 Å². The van der Waals surface area contributed by atoms with Gasteiger partial charge in [0.2, 0.25) is 5.91 Å². The number of hydrogen-bond donors (Lipinski definition) is 1. The van der Waals surface area contributed by atoms with E-state index in [4.69, 9.17) is 0 Å². The van der Waals surface area contributed by atoms with E-state index in [1.807, 2.05) is 0 Å². The van der Waals surface area contributed by atoms with E-state index in [9.17, 15) is 18.0 Å². The van der Waals surface area contributed by atoms with Crippen LogP contribution >= 0.6 is 23.1 Å². The average molecular weight is 385 g/mol. The number of carbonyl (C=O) groups is 1. The molecule has 0 bridgehead atoms. The lowest BCUT2D eigenvalue weighted by molar-refractivity contribution is -0.137. The fourth-order valence-electron chi connectivity index (χ4n) is 1.94. The van der Waals surface area contributed by atoms with Gasteiger partial charge in [-0.2, -0.15) is 18.3 Å². The summed E-state index contributed by atoms with van der Waals surface area (Å²) < 4.78 is 40.9. The standard InChI is InChI=1S/C14H10F3N5OS2/c15-14(16,17)9-1-2-11(22-8-18-7-20-22)10(5-9)21-12(23)6-25-13-19-3-4-24-13/h1-5,7-8H,6H2,(H,21,23). The van der Waals surface area contributed by atoms with Crippen molar-refractivity contribution < 1.29 is 18.0 Å². The van der Waals surface area contributed by atoms with Crippen molar-refractivity contribution in [3.8, 4) is 5.69 Å². The minimum absolute atomic E-state index is 0.00469. The van der Waals surface area contributed by atoms with E-state index in [1.165, 1.54) is 46.5 Å². The number of hydrogen-bond acceptors (Lipinski definition) is 6. The molecule has 25 heavy (non-hydrogen) atoms. The Kier molecular flexibility index (Phi) is 5.04. The van der Waals surface area contributed by atoms with Crippen LogP contribution in [-0.4, -0.2) is 31.4 Å². The molecule has 3 rings (SSSR count). The number of amides is 1. The summed E-state index contributed by atoms with van der Waals surface area (Å²) in [6, 6.07) is 3.04. The number of halogens is 3. The first-order valence-corrected chi connectivity index (χ1v) is 8.68. The van der Waals surface area contributed by atoms with Gasteiger partial charge in [-0.05, 0) is 18.2 Å². The molecule has 0 saturated heterocycles. The molecule has 1 amide bonds. The summed E-state index contributed by atoms with van der Waals surface area (Å²) in [6.07, 6.45) is -0.319. The van der Waals surface area contributed by atoms with Gasteiger partial charge in [-0.25, -0.2) is 14.6 Å². The van der Waals surface area contributed by atoms with Crippen molar-refractivity contribution in [3.05, 3.63) is 48.0 Å². The molecule has 1 aromatic carbocycles. The molecule has 0 fully saturated rings. The first-order chi connectivity index (χ1) is 11.9. The monoisotopic (exact) mass is 385 g/mol. The molecule has 1 N–H and O–H groups in total. The Balaban J connectivity index is 1.83. The van der Waals surface area contributed by atoms with Crippen molar-refractivity contribution in [1.82, 2.24) is 19.7 Å². The maximum absolute atomic E-state index is 13.0. The second-order valence-corrected chi connectivity index (χ2v) is 6.82. The van der Waals surface area contributed by atoms with Crippen LogP contribution in [0.3, 0.4) is 0 Å². The highest BCUT2D eigenvalue weighted by atomic mass is 32.2. The molecule has 0 atom stereocenters. The molecule has 0 spiro atoms. The number of nitrogens with one attached hydrogen (secondary N) is 1. The molecule has 130 valence electrons. The summed E-state index contributed by atoms with van der Waals surface area (Å²) in [5.41, 5.74) is -0.567. The van der Waals surface area contributed by atoms with E-state index in [2.05, 4.69) is 20.4 Å². The van der Waals surface area contributed by atoms with E-state index in [0.29, 0.717) is 4.34 Å². The largest absolute Gasteiger partial charge is 0.416 e. The SMILES string of the molecule is O=C(CSc1nccs1)Nc1cc(C(F)(F)F)ccc1-n1cncn1. The first kappa shape index (κ1) is 17.4. The zero-order chi connectivity index (χ0) is 17.9. The van der Waals surface area contributed by atoms with Crippen LogP contribution in [0.4, 0.5) is 18.9 Å². The molecule has 0 saturated carbocycles. The highest BCUT2D eigenvalue weighted by molar-refractivity contribution is 8.01. The number of alkyl halides is 3. The number of thioether (sulfide) groups is 1. The third kappa shape index (κ3) is 4.37. The molecule has 11 heteroatoms. The normalized spacial score (nSPS) is 11.5. The summed E-state index contributed by atoms with van der Waals surface area (Å²) in [4.78, 5) is 19.9. The summed E-state index contributed by atoms with van der Waals surface area (Å²) in [5.74, 6) is -0.415. The zero-order valence-electron chi connectivity index (χ0n) is 12.4. The zero-order valence-corrected chi connectivity index (χ0v) is 14.0. The Morgan fingerprint density at radius 3 is 2.84 bits per heavy atom. The van der Waals surface area contributed by atoms with Crippen molar-refractivity contribution in [2.24, 2.45) is 0 Å². The van der Waals surface area contributed by atoms with E-state index in [-0.39, 0.29) is 17.1 Å². The molecule has 0 aliphatic heterocycles. The Bertz CT molecular complexity index is 850. The maximum Gasteiger partial charge on any atom is 0.416 e. The highest BCUT2D eigenvalue weighted by Gasteiger charge is 2.31. The van der Waals surface area contributed by atoms with Crippen molar-refractivity contribution in [2.45, 2.75) is 10.5 Å². The fraction of sp³-hybridized carbons (Fsp3) is 0.143. The van der Waals surface area contributed by atoms with Crippen molar-refractivity contribution in [1.29, 1.82) is 0 Å². The van der Waals surface area contributed by atoms with Crippen LogP contribution in [0.1, 0.15) is 5.56 Å². The molecule has 2 heterocycles. The lowest BCUT2D eigenvalue weighted by atomic mass is 10.1. The third-order valence-electron chi connectivity index (χ3n) is 3.00. The molecule has 6 nitrogen and oxygen atoms in total. The van der Waals surface area contributed by atoms with Gasteiger partial charge in [0, 0.05) is 11.6 Å². The van der Waals surface area contributed by atoms with Crippen LogP contribution in [0.2, 0.25) is 0 Å². The third-order valence-corrected chi connectivity index (χ3v) is 4.97. The van der Waals surface area contributed by atoms with Crippen LogP contribution in [0.15, 0.2) is 46.8 Å². The van der Waals surface area contributed by atoms with Gasteiger partial charge in [0.1, 0.15) is 17.0 Å². The van der Waals surface area contributed by atoms with Crippen LogP contribution in [-0.2, 0) is 11.0 Å². The minimum atomic E-state index is -4.52. The van der Waals surface area contributed by atoms with Crippen LogP contribution in [0.5, 0.6) is 0 Å². The number of anilines is 1. The number of thiazole rings is 1. The molecular formula is C14H10F3N5OS2. The Labute approximate surface area is 148 Å². The van der Waals surface area contributed by atoms with Crippen molar-refractivity contribution in [3.63, 3.8) is 0 Å². The number of carbonyl (C=O) groups excluding carboxylic acids is 1. The van der Waals surface area contributed by atoms with Crippen molar-refractivity contribution in [2.75, 3.05) is 11.1 Å². The van der Waals surface area contributed by atoms with E-state index in [0.717, 1.165) is 12.1 Å². The molecule has 0 aliphatic carbocycles. The van der Waals surface area contributed by atoms with Gasteiger partial charge in [-0.15, -0.1) is 11.3 Å². The number of nitrogens with zero attached hydrogens (tertiary/aromatic N) is 4. The lowest BCUT2D eigenvalue weighted by Gasteiger charge is -2.14. The molecule has 0 radical (unpaired) electrons. The summed E-state index contributed by atoms with van der Waals surface area (Å²) in [6.45, 7) is 0. The minimum Gasteiger partial charge on any atom is -0.323 e. The molecular weight excluding hydrogens is 375 g/mol. The first-order valence-electron chi connectivity index (χ1n) is 6.82. The van der Waals surface area contributed by atoms with Crippen molar-refractivity contribution >= 4 is 34.7 Å². The van der Waals surface area contributed by atoms with Crippen LogP contribution in [0, 0.1) is 0 Å². The number of benzene rings is 1. The summed E-state index contributed by atoms with van der Waals surface area (Å²) in [7, 11) is 0. The van der Waals surface area contributed by atoms with Gasteiger partial charge in [-0.3, -0.25) is 4.79 Å². The van der Waals surface area contributed by atoms with Gasteiger partial charge in [0.15, 0.2) is 0 Å². The van der Waals surface area contributed by atoms with Crippen LogP contribution in [0.25, 0.3) is 5.69 Å². The lowest BCUT2D eigenvalue weighted by Crippen LogP contribution is -2.17. The predicted octanol–water partition coefficient (Wildman–Crippen LogP) is 3.47. The van der Waals surface area contributed by atoms with E-state index < -0.39 is 17.6 Å². The van der Waals surface area contributed by atoms with Gasteiger partial charge >= 0.3 is 6.18 Å². The van der Waals surface area contributed by atoms with Gasteiger partial charge in [-0.1, -0.05) is 11.8 Å². The summed E-state index contributed by atoms with van der Waals surface area (Å²) in [5, 5.41) is 8.17. The molecule has 0 unspecified atom stereocenters. The molecule has 3 aromatic rings. The molecule has 2 aromatic heterocycles. The fourth-order valence-corrected chi connectivity index (χ4v) is 3.38. The Hall–Kier alpha value is -2.40. The average Bonchev–Trinajstić information content (AvgIpc) is 3.26. The number of aromatic nitrogens is 4. The maximum atomic E-state index is 13.0.